The lowest BCUT2D eigenvalue weighted by molar-refractivity contribution is -0.136. The number of carboxylic acids is 1. The number of aromatic carboxylic acids is 1. The standard InChI is InChI=1S/C28H29NO6/c1-16-23(27(33)34-4)24(25-21(29-16)13-28(2,3)14-22(25)30)18-9-11-20(12-10-18)35-15-17-5-7-19(8-6-17)26(31)32/h5-12,24,29H,13-15H2,1-4H3,(H,31,32). The summed E-state index contributed by atoms with van der Waals surface area (Å²) in [4.78, 5) is 37.0. The van der Waals surface area contributed by atoms with E-state index in [0.717, 1.165) is 23.2 Å². The zero-order valence-corrected chi connectivity index (χ0v) is 20.3. The Morgan fingerprint density at radius 3 is 2.31 bits per heavy atom. The highest BCUT2D eigenvalue weighted by molar-refractivity contribution is 6.04. The predicted octanol–water partition coefficient (Wildman–Crippen LogP) is 4.74. The lowest BCUT2D eigenvalue weighted by Crippen LogP contribution is -2.38. The highest BCUT2D eigenvalue weighted by Gasteiger charge is 2.42. The smallest absolute Gasteiger partial charge is 0.336 e. The van der Waals surface area contributed by atoms with Crippen LogP contribution >= 0.6 is 0 Å². The Morgan fingerprint density at radius 2 is 1.71 bits per heavy atom. The zero-order chi connectivity index (χ0) is 25.3. The number of nitrogens with one attached hydrogen (secondary N) is 1. The number of Topliss-reactive ketones (excluding diaryl/α,β-unsaturated/α-hetero) is 1. The maximum Gasteiger partial charge on any atom is 0.336 e. The lowest BCUT2D eigenvalue weighted by Gasteiger charge is -2.39. The molecule has 7 heteroatoms. The Hall–Kier alpha value is -3.87. The fourth-order valence-electron chi connectivity index (χ4n) is 4.82. The third-order valence-corrected chi connectivity index (χ3v) is 6.46. The number of carbonyl (C=O) groups excluding carboxylic acids is 2. The Balaban J connectivity index is 1.61. The number of carboxylic acid groups (broad SMARTS) is 1. The molecule has 2 aliphatic rings. The molecule has 0 aromatic heterocycles. The summed E-state index contributed by atoms with van der Waals surface area (Å²) in [7, 11) is 1.34. The number of carbonyl (C=O) groups is 3. The average molecular weight is 476 g/mol. The van der Waals surface area contributed by atoms with Crippen molar-refractivity contribution in [2.75, 3.05) is 7.11 Å². The normalized spacial score (nSPS) is 19.1. The molecule has 0 fully saturated rings. The van der Waals surface area contributed by atoms with Crippen LogP contribution in [-0.4, -0.2) is 29.9 Å². The van der Waals surface area contributed by atoms with Gasteiger partial charge in [-0.25, -0.2) is 9.59 Å². The number of allylic oxidation sites excluding steroid dienone is 3. The van der Waals surface area contributed by atoms with Gasteiger partial charge in [0.1, 0.15) is 12.4 Å². The Bertz CT molecular complexity index is 1240. The molecule has 4 rings (SSSR count). The van der Waals surface area contributed by atoms with E-state index in [4.69, 9.17) is 14.6 Å². The lowest BCUT2D eigenvalue weighted by atomic mass is 9.68. The summed E-state index contributed by atoms with van der Waals surface area (Å²) in [6, 6.07) is 13.9. The van der Waals surface area contributed by atoms with Crippen molar-refractivity contribution in [2.45, 2.75) is 46.1 Å². The van der Waals surface area contributed by atoms with Crippen molar-refractivity contribution in [3.63, 3.8) is 0 Å². The van der Waals surface area contributed by atoms with Gasteiger partial charge >= 0.3 is 11.9 Å². The van der Waals surface area contributed by atoms with E-state index in [0.29, 0.717) is 29.0 Å². The molecule has 35 heavy (non-hydrogen) atoms. The molecule has 7 nitrogen and oxygen atoms in total. The van der Waals surface area contributed by atoms with Crippen molar-refractivity contribution in [2.24, 2.45) is 5.41 Å². The largest absolute Gasteiger partial charge is 0.489 e. The van der Waals surface area contributed by atoms with Crippen LogP contribution in [0.25, 0.3) is 0 Å². The monoisotopic (exact) mass is 475 g/mol. The van der Waals surface area contributed by atoms with E-state index in [2.05, 4.69) is 19.2 Å². The highest BCUT2D eigenvalue weighted by Crippen LogP contribution is 2.46. The van der Waals surface area contributed by atoms with Gasteiger partial charge in [0, 0.05) is 29.3 Å². The Labute approximate surface area is 204 Å². The van der Waals surface area contributed by atoms with Crippen LogP contribution in [0.15, 0.2) is 71.1 Å². The molecule has 0 saturated heterocycles. The van der Waals surface area contributed by atoms with Gasteiger partial charge in [-0.3, -0.25) is 4.79 Å². The third-order valence-electron chi connectivity index (χ3n) is 6.46. The van der Waals surface area contributed by atoms with Gasteiger partial charge in [0.2, 0.25) is 0 Å². The molecule has 2 aromatic rings. The van der Waals surface area contributed by atoms with Gasteiger partial charge in [0.05, 0.1) is 18.2 Å². The number of hydrogen-bond donors (Lipinski definition) is 2. The maximum absolute atomic E-state index is 13.2. The molecule has 0 saturated carbocycles. The number of hydrogen-bond acceptors (Lipinski definition) is 6. The summed E-state index contributed by atoms with van der Waals surface area (Å²) in [6.07, 6.45) is 1.14. The first-order chi connectivity index (χ1) is 16.6. The van der Waals surface area contributed by atoms with Crippen LogP contribution in [0.5, 0.6) is 5.75 Å². The number of methoxy groups -OCH3 is 1. The fourth-order valence-corrected chi connectivity index (χ4v) is 4.82. The van der Waals surface area contributed by atoms with E-state index in [9.17, 15) is 14.4 Å². The Morgan fingerprint density at radius 1 is 1.06 bits per heavy atom. The van der Waals surface area contributed by atoms with Crippen molar-refractivity contribution in [1.82, 2.24) is 5.32 Å². The second kappa shape index (κ2) is 9.41. The minimum atomic E-state index is -0.972. The van der Waals surface area contributed by atoms with E-state index in [1.807, 2.05) is 31.2 Å². The van der Waals surface area contributed by atoms with Crippen molar-refractivity contribution in [3.8, 4) is 5.75 Å². The van der Waals surface area contributed by atoms with Gasteiger partial charge < -0.3 is 19.9 Å². The van der Waals surface area contributed by atoms with Crippen LogP contribution in [0.4, 0.5) is 0 Å². The van der Waals surface area contributed by atoms with Gasteiger partial charge in [-0.1, -0.05) is 38.1 Å². The molecular weight excluding hydrogens is 446 g/mol. The number of ether oxygens (including phenoxy) is 2. The zero-order valence-electron chi connectivity index (χ0n) is 20.3. The van der Waals surface area contributed by atoms with E-state index in [1.165, 1.54) is 19.2 Å². The SMILES string of the molecule is COC(=O)C1=C(C)NC2=C(C(=O)CC(C)(C)C2)C1c1ccc(OCc2ccc(C(=O)O)cc2)cc1. The van der Waals surface area contributed by atoms with Gasteiger partial charge in [-0.2, -0.15) is 0 Å². The molecule has 1 unspecified atom stereocenters. The van der Waals surface area contributed by atoms with Crippen molar-refractivity contribution < 1.29 is 29.0 Å². The number of benzene rings is 2. The molecule has 1 aliphatic heterocycles. The van der Waals surface area contributed by atoms with Crippen LogP contribution in [0, 0.1) is 5.41 Å². The molecule has 0 radical (unpaired) electrons. The van der Waals surface area contributed by atoms with E-state index >= 15 is 0 Å². The van der Waals surface area contributed by atoms with Crippen LogP contribution in [0.3, 0.4) is 0 Å². The van der Waals surface area contributed by atoms with Crippen LogP contribution in [-0.2, 0) is 20.9 Å². The predicted molar refractivity (Wildman–Crippen MR) is 130 cm³/mol. The molecule has 1 aliphatic carbocycles. The number of rotatable bonds is 6. The fraction of sp³-hybridized carbons (Fsp3) is 0.321. The molecule has 0 spiro atoms. The van der Waals surface area contributed by atoms with Gasteiger partial charge in [0.25, 0.3) is 0 Å². The summed E-state index contributed by atoms with van der Waals surface area (Å²) in [6.45, 7) is 6.26. The summed E-state index contributed by atoms with van der Waals surface area (Å²) < 4.78 is 10.9. The topological polar surface area (TPSA) is 102 Å². The average Bonchev–Trinajstić information content (AvgIpc) is 2.81. The summed E-state index contributed by atoms with van der Waals surface area (Å²) in [5.74, 6) is -1.29. The van der Waals surface area contributed by atoms with Crippen LogP contribution in [0.2, 0.25) is 0 Å². The second-order valence-electron chi connectivity index (χ2n) is 9.78. The van der Waals surface area contributed by atoms with Crippen molar-refractivity contribution in [3.05, 3.63) is 87.8 Å². The molecule has 0 bridgehead atoms. The highest BCUT2D eigenvalue weighted by atomic mass is 16.5. The third kappa shape index (κ3) is 4.99. The van der Waals surface area contributed by atoms with E-state index in [-0.39, 0.29) is 23.4 Å². The van der Waals surface area contributed by atoms with E-state index < -0.39 is 17.9 Å². The molecule has 2 aromatic carbocycles. The molecule has 182 valence electrons. The van der Waals surface area contributed by atoms with Gasteiger partial charge in [-0.15, -0.1) is 0 Å². The van der Waals surface area contributed by atoms with Crippen molar-refractivity contribution >= 4 is 17.7 Å². The Kier molecular flexibility index (Phi) is 6.52. The molecule has 0 amide bonds. The molecule has 1 atom stereocenters. The van der Waals surface area contributed by atoms with E-state index in [1.54, 1.807) is 12.1 Å². The summed E-state index contributed by atoms with van der Waals surface area (Å²) in [5.41, 5.74) is 4.34. The first-order valence-corrected chi connectivity index (χ1v) is 11.5. The van der Waals surface area contributed by atoms with Gasteiger partial charge in [-0.05, 0) is 54.2 Å². The maximum atomic E-state index is 13.2. The van der Waals surface area contributed by atoms with Crippen LogP contribution < -0.4 is 10.1 Å². The molecular formula is C28H29NO6. The summed E-state index contributed by atoms with van der Waals surface area (Å²) >= 11 is 0. The number of dihydropyridines is 1. The van der Waals surface area contributed by atoms with Crippen LogP contribution in [0.1, 0.15) is 61.0 Å². The van der Waals surface area contributed by atoms with Gasteiger partial charge in [0.15, 0.2) is 5.78 Å². The quantitative estimate of drug-likeness (QED) is 0.582. The minimum Gasteiger partial charge on any atom is -0.489 e. The first kappa shape index (κ1) is 24.3. The molecule has 1 heterocycles. The van der Waals surface area contributed by atoms with Crippen molar-refractivity contribution in [1.29, 1.82) is 0 Å². The second-order valence-corrected chi connectivity index (χ2v) is 9.78. The minimum absolute atomic E-state index is 0.0350. The number of esters is 1. The summed E-state index contributed by atoms with van der Waals surface area (Å²) in [5, 5.41) is 12.3. The first-order valence-electron chi connectivity index (χ1n) is 11.5. The molecule has 2 N–H and O–H groups in total. The number of ketones is 1.